The van der Waals surface area contributed by atoms with Crippen LogP contribution < -0.4 is 4.74 Å². The number of hydrogen-bond acceptors (Lipinski definition) is 2. The molecule has 3 rings (SSSR count). The molecule has 1 amide bonds. The fourth-order valence-corrected chi connectivity index (χ4v) is 3.62. The van der Waals surface area contributed by atoms with Gasteiger partial charge in [0.05, 0.1) is 0 Å². The molecule has 0 saturated carbocycles. The van der Waals surface area contributed by atoms with E-state index in [0.717, 1.165) is 38.0 Å². The zero-order valence-electron chi connectivity index (χ0n) is 12.9. The quantitative estimate of drug-likeness (QED) is 0.850. The normalized spacial score (nSPS) is 21.2. The first kappa shape index (κ1) is 14.4. The molecule has 1 aromatic carbocycles. The van der Waals surface area contributed by atoms with Crippen molar-refractivity contribution < 1.29 is 9.53 Å². The lowest BCUT2D eigenvalue weighted by molar-refractivity contribution is -0.137. The van der Waals surface area contributed by atoms with E-state index in [9.17, 15) is 4.79 Å². The molecule has 3 heteroatoms. The van der Waals surface area contributed by atoms with Crippen molar-refractivity contribution in [2.75, 3.05) is 13.2 Å². The Kier molecular flexibility index (Phi) is 4.47. The summed E-state index contributed by atoms with van der Waals surface area (Å²) in [5, 5.41) is 0. The molecule has 0 radical (unpaired) electrons. The zero-order valence-corrected chi connectivity index (χ0v) is 12.9. The summed E-state index contributed by atoms with van der Waals surface area (Å²) in [7, 11) is 0. The average molecular weight is 287 g/mol. The van der Waals surface area contributed by atoms with Crippen LogP contribution in [-0.2, 0) is 17.6 Å². The van der Waals surface area contributed by atoms with Gasteiger partial charge in [-0.05, 0) is 68.2 Å². The molecule has 0 bridgehead atoms. The molecule has 1 heterocycles. The summed E-state index contributed by atoms with van der Waals surface area (Å²) in [6, 6.07) is 6.68. The molecule has 2 aliphatic rings. The highest BCUT2D eigenvalue weighted by Crippen LogP contribution is 2.26. The Bertz CT molecular complexity index is 512. The summed E-state index contributed by atoms with van der Waals surface area (Å²) in [5.74, 6) is 0.983. The molecule has 21 heavy (non-hydrogen) atoms. The summed E-state index contributed by atoms with van der Waals surface area (Å²) in [4.78, 5) is 14.4. The first-order chi connectivity index (χ1) is 10.3. The van der Waals surface area contributed by atoms with E-state index in [1.54, 1.807) is 0 Å². The van der Waals surface area contributed by atoms with Gasteiger partial charge in [0.1, 0.15) is 5.75 Å². The highest BCUT2D eigenvalue weighted by molar-refractivity contribution is 5.78. The van der Waals surface area contributed by atoms with Crippen molar-refractivity contribution in [3.63, 3.8) is 0 Å². The Morgan fingerprint density at radius 2 is 2.10 bits per heavy atom. The molecule has 1 atom stereocenters. The van der Waals surface area contributed by atoms with Gasteiger partial charge in [-0.2, -0.15) is 0 Å². The second-order valence-corrected chi connectivity index (χ2v) is 6.22. The van der Waals surface area contributed by atoms with Crippen molar-refractivity contribution in [2.24, 2.45) is 0 Å². The number of carbonyl (C=O) groups is 1. The summed E-state index contributed by atoms with van der Waals surface area (Å²) in [6.07, 6.45) is 8.12. The Labute approximate surface area is 127 Å². The molecule has 3 nitrogen and oxygen atoms in total. The van der Waals surface area contributed by atoms with Crippen LogP contribution in [0.25, 0.3) is 0 Å². The average Bonchev–Trinajstić information content (AvgIpc) is 3.00. The predicted octanol–water partition coefficient (Wildman–Crippen LogP) is 3.35. The minimum absolute atomic E-state index is 0.141. The lowest BCUT2D eigenvalue weighted by atomic mass is 10.00. The van der Waals surface area contributed by atoms with Crippen LogP contribution in [0.1, 0.15) is 50.2 Å². The number of likely N-dealkylation sites (tertiary alicyclic amines) is 1. The lowest BCUT2D eigenvalue weighted by Gasteiger charge is -2.35. The highest BCUT2D eigenvalue weighted by atomic mass is 16.5. The van der Waals surface area contributed by atoms with Gasteiger partial charge < -0.3 is 9.64 Å². The van der Waals surface area contributed by atoms with E-state index < -0.39 is 0 Å². The molecule has 1 saturated heterocycles. The van der Waals surface area contributed by atoms with E-state index in [0.29, 0.717) is 6.04 Å². The molecule has 1 aliphatic carbocycles. The lowest BCUT2D eigenvalue weighted by Crippen LogP contribution is -2.45. The Morgan fingerprint density at radius 3 is 2.95 bits per heavy atom. The topological polar surface area (TPSA) is 29.5 Å². The van der Waals surface area contributed by atoms with Crippen LogP contribution in [-0.4, -0.2) is 30.0 Å². The number of fused-ring (bicyclic) bond motifs is 1. The van der Waals surface area contributed by atoms with Crippen molar-refractivity contribution in [1.29, 1.82) is 0 Å². The number of aryl methyl sites for hydroxylation is 2. The Hall–Kier alpha value is -1.51. The first-order valence-electron chi connectivity index (χ1n) is 8.32. The van der Waals surface area contributed by atoms with Gasteiger partial charge >= 0.3 is 0 Å². The van der Waals surface area contributed by atoms with Gasteiger partial charge in [-0.15, -0.1) is 0 Å². The van der Waals surface area contributed by atoms with Crippen LogP contribution in [0.3, 0.4) is 0 Å². The van der Waals surface area contributed by atoms with Gasteiger partial charge in [-0.25, -0.2) is 0 Å². The van der Waals surface area contributed by atoms with Gasteiger partial charge in [0.15, 0.2) is 6.61 Å². The maximum absolute atomic E-state index is 12.4. The summed E-state index contributed by atoms with van der Waals surface area (Å²) >= 11 is 0. The van der Waals surface area contributed by atoms with E-state index >= 15 is 0 Å². The molecule has 1 aromatic rings. The number of ether oxygens (including phenoxy) is 1. The SMILES string of the molecule is CCC1CCCCN1C(=O)COc1ccc2c(c1)CCC2. The maximum atomic E-state index is 12.4. The maximum Gasteiger partial charge on any atom is 0.260 e. The van der Waals surface area contributed by atoms with Crippen LogP contribution in [0.4, 0.5) is 0 Å². The number of piperidine rings is 1. The number of rotatable bonds is 4. The van der Waals surface area contributed by atoms with Crippen molar-refractivity contribution in [2.45, 2.75) is 57.9 Å². The van der Waals surface area contributed by atoms with E-state index in [2.05, 4.69) is 19.1 Å². The zero-order chi connectivity index (χ0) is 14.7. The third-order valence-corrected chi connectivity index (χ3v) is 4.85. The smallest absolute Gasteiger partial charge is 0.260 e. The Morgan fingerprint density at radius 1 is 1.24 bits per heavy atom. The van der Waals surface area contributed by atoms with Gasteiger partial charge in [-0.3, -0.25) is 4.79 Å². The number of benzene rings is 1. The number of nitrogens with zero attached hydrogens (tertiary/aromatic N) is 1. The van der Waals surface area contributed by atoms with Gasteiger partial charge in [0.2, 0.25) is 0 Å². The standard InChI is InChI=1S/C18H25NO2/c1-2-16-8-3-4-11-19(16)18(20)13-21-17-10-9-14-6-5-7-15(14)12-17/h9-10,12,16H,2-8,11,13H2,1H3. The highest BCUT2D eigenvalue weighted by Gasteiger charge is 2.25. The minimum atomic E-state index is 0.141. The summed E-state index contributed by atoms with van der Waals surface area (Å²) in [5.41, 5.74) is 2.83. The molecule has 0 aromatic heterocycles. The molecular weight excluding hydrogens is 262 g/mol. The molecule has 114 valence electrons. The van der Waals surface area contributed by atoms with Crippen LogP contribution in [0.15, 0.2) is 18.2 Å². The van der Waals surface area contributed by atoms with E-state index in [1.165, 1.54) is 30.4 Å². The minimum Gasteiger partial charge on any atom is -0.484 e. The fraction of sp³-hybridized carbons (Fsp3) is 0.611. The predicted molar refractivity (Wildman–Crippen MR) is 83.6 cm³/mol. The molecule has 0 spiro atoms. The third-order valence-electron chi connectivity index (χ3n) is 4.85. The number of hydrogen-bond donors (Lipinski definition) is 0. The van der Waals surface area contributed by atoms with Crippen LogP contribution >= 0.6 is 0 Å². The van der Waals surface area contributed by atoms with Gasteiger partial charge in [0, 0.05) is 12.6 Å². The number of amides is 1. The largest absolute Gasteiger partial charge is 0.484 e. The Balaban J connectivity index is 1.58. The monoisotopic (exact) mass is 287 g/mol. The van der Waals surface area contributed by atoms with Crippen LogP contribution in [0, 0.1) is 0 Å². The molecular formula is C18H25NO2. The first-order valence-corrected chi connectivity index (χ1v) is 8.32. The molecule has 0 N–H and O–H groups in total. The van der Waals surface area contributed by atoms with Crippen molar-refractivity contribution >= 4 is 5.91 Å². The van der Waals surface area contributed by atoms with Gasteiger partial charge in [-0.1, -0.05) is 13.0 Å². The molecule has 1 unspecified atom stereocenters. The van der Waals surface area contributed by atoms with E-state index in [4.69, 9.17) is 4.74 Å². The van der Waals surface area contributed by atoms with Gasteiger partial charge in [0.25, 0.3) is 5.91 Å². The van der Waals surface area contributed by atoms with E-state index in [1.807, 2.05) is 11.0 Å². The second kappa shape index (κ2) is 6.50. The van der Waals surface area contributed by atoms with E-state index in [-0.39, 0.29) is 12.5 Å². The van der Waals surface area contributed by atoms with Crippen molar-refractivity contribution in [3.8, 4) is 5.75 Å². The fourth-order valence-electron chi connectivity index (χ4n) is 3.62. The molecule has 1 aliphatic heterocycles. The molecule has 1 fully saturated rings. The number of carbonyl (C=O) groups excluding carboxylic acids is 1. The van der Waals surface area contributed by atoms with Crippen molar-refractivity contribution in [1.82, 2.24) is 4.90 Å². The summed E-state index contributed by atoms with van der Waals surface area (Å²) < 4.78 is 5.75. The van der Waals surface area contributed by atoms with Crippen LogP contribution in [0.5, 0.6) is 5.75 Å². The van der Waals surface area contributed by atoms with Crippen LogP contribution in [0.2, 0.25) is 0 Å². The third kappa shape index (κ3) is 3.22. The van der Waals surface area contributed by atoms with Crippen molar-refractivity contribution in [3.05, 3.63) is 29.3 Å². The second-order valence-electron chi connectivity index (χ2n) is 6.22. The summed E-state index contributed by atoms with van der Waals surface area (Å²) in [6.45, 7) is 3.23.